The Morgan fingerprint density at radius 3 is 2.62 bits per heavy atom. The fraction of sp³-hybridized carbons (Fsp3) is 0.400. The first-order chi connectivity index (χ1) is 14.0. The zero-order valence-corrected chi connectivity index (χ0v) is 17.2. The van der Waals surface area contributed by atoms with Crippen LogP contribution in [-0.4, -0.2) is 52.4 Å². The first-order valence-electron chi connectivity index (χ1n) is 9.48. The van der Waals surface area contributed by atoms with E-state index in [0.717, 1.165) is 17.3 Å². The summed E-state index contributed by atoms with van der Waals surface area (Å²) in [6.45, 7) is 1.39. The molecule has 2 fully saturated rings. The summed E-state index contributed by atoms with van der Waals surface area (Å²) in [4.78, 5) is 37.0. The summed E-state index contributed by atoms with van der Waals surface area (Å²) >= 11 is 3.28. The summed E-state index contributed by atoms with van der Waals surface area (Å²) in [6, 6.07) is 6.03. The van der Waals surface area contributed by atoms with Gasteiger partial charge in [0.05, 0.1) is 16.9 Å². The van der Waals surface area contributed by atoms with Gasteiger partial charge in [0, 0.05) is 37.6 Å². The Balaban J connectivity index is 1.38. The van der Waals surface area contributed by atoms with Gasteiger partial charge in [0.15, 0.2) is 0 Å². The molecule has 2 atom stereocenters. The highest BCUT2D eigenvalue weighted by molar-refractivity contribution is 9.10. The summed E-state index contributed by atoms with van der Waals surface area (Å²) in [7, 11) is 0. The van der Waals surface area contributed by atoms with Gasteiger partial charge >= 0.3 is 6.01 Å². The average Bonchev–Trinajstić information content (AvgIpc) is 3.11. The molecule has 2 unspecified atom stereocenters. The highest BCUT2D eigenvalue weighted by atomic mass is 79.9. The standard InChI is InChI=1S/C20H20BrFN4O3/c21-14-9-23-20(24-10-14)29-17-2-1-7-25(12-17)19(28)13-8-18(27)26(11-13)16-5-3-15(22)4-6-16/h3-6,9-10,13,17H,1-2,7-8,11-12H2. The molecule has 1 aromatic carbocycles. The van der Waals surface area contributed by atoms with E-state index in [1.165, 1.54) is 12.1 Å². The van der Waals surface area contributed by atoms with Crippen LogP contribution in [0.15, 0.2) is 41.1 Å². The molecular weight excluding hydrogens is 443 g/mol. The number of ether oxygens (including phenoxy) is 1. The smallest absolute Gasteiger partial charge is 0.316 e. The molecule has 0 bridgehead atoms. The molecule has 7 nitrogen and oxygen atoms in total. The fourth-order valence-corrected chi connectivity index (χ4v) is 3.95. The lowest BCUT2D eigenvalue weighted by Gasteiger charge is -2.33. The van der Waals surface area contributed by atoms with Crippen molar-refractivity contribution < 1.29 is 18.7 Å². The molecule has 0 aliphatic carbocycles. The number of carbonyl (C=O) groups excluding carboxylic acids is 2. The number of likely N-dealkylation sites (tertiary alicyclic amines) is 1. The van der Waals surface area contributed by atoms with Crippen LogP contribution in [0.2, 0.25) is 0 Å². The Morgan fingerprint density at radius 2 is 1.90 bits per heavy atom. The molecule has 2 aliphatic rings. The van der Waals surface area contributed by atoms with E-state index < -0.39 is 5.92 Å². The molecule has 1 aromatic heterocycles. The van der Waals surface area contributed by atoms with E-state index in [-0.39, 0.29) is 36.2 Å². The Labute approximate surface area is 176 Å². The molecule has 2 aliphatic heterocycles. The maximum Gasteiger partial charge on any atom is 0.316 e. The first kappa shape index (κ1) is 19.8. The van der Waals surface area contributed by atoms with Crippen molar-refractivity contribution in [3.8, 4) is 6.01 Å². The normalized spacial score (nSPS) is 22.1. The lowest BCUT2D eigenvalue weighted by molar-refractivity contribution is -0.138. The van der Waals surface area contributed by atoms with Crippen LogP contribution in [0.3, 0.4) is 0 Å². The van der Waals surface area contributed by atoms with Crippen LogP contribution in [0.1, 0.15) is 19.3 Å². The second-order valence-corrected chi connectivity index (χ2v) is 8.15. The molecule has 4 rings (SSSR count). The summed E-state index contributed by atoms with van der Waals surface area (Å²) < 4.78 is 19.7. The van der Waals surface area contributed by atoms with Crippen molar-refractivity contribution in [3.63, 3.8) is 0 Å². The van der Waals surface area contributed by atoms with Crippen LogP contribution in [0.25, 0.3) is 0 Å². The third-order valence-electron chi connectivity index (χ3n) is 5.17. The average molecular weight is 463 g/mol. The number of anilines is 1. The van der Waals surface area contributed by atoms with E-state index in [1.807, 2.05) is 0 Å². The fourth-order valence-electron chi connectivity index (χ4n) is 3.75. The maximum absolute atomic E-state index is 13.1. The van der Waals surface area contributed by atoms with Crippen LogP contribution in [0, 0.1) is 11.7 Å². The molecule has 152 valence electrons. The topological polar surface area (TPSA) is 75.6 Å². The lowest BCUT2D eigenvalue weighted by Crippen LogP contribution is -2.47. The van der Waals surface area contributed by atoms with Crippen LogP contribution in [0.5, 0.6) is 6.01 Å². The third kappa shape index (κ3) is 4.55. The predicted octanol–water partition coefficient (Wildman–Crippen LogP) is 2.80. The van der Waals surface area contributed by atoms with Crippen molar-refractivity contribution >= 4 is 33.4 Å². The Hall–Kier alpha value is -2.55. The van der Waals surface area contributed by atoms with Crippen molar-refractivity contribution in [1.29, 1.82) is 0 Å². The van der Waals surface area contributed by atoms with Crippen LogP contribution in [0.4, 0.5) is 10.1 Å². The van der Waals surface area contributed by atoms with Gasteiger partial charge < -0.3 is 14.5 Å². The number of carbonyl (C=O) groups is 2. The molecule has 3 heterocycles. The van der Waals surface area contributed by atoms with Gasteiger partial charge in [-0.1, -0.05) is 0 Å². The molecule has 0 radical (unpaired) electrons. The molecule has 2 amide bonds. The summed E-state index contributed by atoms with van der Waals surface area (Å²) in [5.41, 5.74) is 0.610. The SMILES string of the molecule is O=C(C1CC(=O)N(c2ccc(F)cc2)C1)N1CCCC(Oc2ncc(Br)cn2)C1. The Morgan fingerprint density at radius 1 is 1.17 bits per heavy atom. The molecule has 2 aromatic rings. The third-order valence-corrected chi connectivity index (χ3v) is 5.58. The number of nitrogens with zero attached hydrogens (tertiary/aromatic N) is 4. The summed E-state index contributed by atoms with van der Waals surface area (Å²) in [5.74, 6) is -0.937. The lowest BCUT2D eigenvalue weighted by atomic mass is 10.0. The van der Waals surface area contributed by atoms with E-state index in [0.29, 0.717) is 25.3 Å². The largest absolute Gasteiger partial charge is 0.458 e. The molecule has 0 spiro atoms. The molecular formula is C20H20BrFN4O3. The minimum atomic E-state index is -0.407. The van der Waals surface area contributed by atoms with Crippen LogP contribution >= 0.6 is 15.9 Å². The van der Waals surface area contributed by atoms with Gasteiger partial charge in [-0.15, -0.1) is 0 Å². The number of amides is 2. The number of hydrogen-bond donors (Lipinski definition) is 0. The molecule has 0 N–H and O–H groups in total. The zero-order chi connectivity index (χ0) is 20.4. The van der Waals surface area contributed by atoms with E-state index in [2.05, 4.69) is 25.9 Å². The van der Waals surface area contributed by atoms with E-state index in [4.69, 9.17) is 4.74 Å². The van der Waals surface area contributed by atoms with Crippen LogP contribution < -0.4 is 9.64 Å². The highest BCUT2D eigenvalue weighted by Crippen LogP contribution is 2.28. The first-order valence-corrected chi connectivity index (χ1v) is 10.3. The van der Waals surface area contributed by atoms with Crippen molar-refractivity contribution in [2.45, 2.75) is 25.4 Å². The predicted molar refractivity (Wildman–Crippen MR) is 107 cm³/mol. The van der Waals surface area contributed by atoms with Gasteiger partial charge in [-0.25, -0.2) is 14.4 Å². The van der Waals surface area contributed by atoms with Crippen molar-refractivity contribution in [3.05, 3.63) is 46.9 Å². The molecule has 2 saturated heterocycles. The van der Waals surface area contributed by atoms with E-state index in [1.54, 1.807) is 34.3 Å². The van der Waals surface area contributed by atoms with E-state index >= 15 is 0 Å². The van der Waals surface area contributed by atoms with E-state index in [9.17, 15) is 14.0 Å². The quantitative estimate of drug-likeness (QED) is 0.698. The van der Waals surface area contributed by atoms with Crippen LogP contribution in [-0.2, 0) is 9.59 Å². The second kappa shape index (κ2) is 8.44. The number of halogens is 2. The Bertz CT molecular complexity index is 894. The monoisotopic (exact) mass is 462 g/mol. The maximum atomic E-state index is 13.1. The van der Waals surface area contributed by atoms with Gasteiger partial charge in [-0.05, 0) is 53.0 Å². The Kier molecular flexibility index (Phi) is 5.75. The summed E-state index contributed by atoms with van der Waals surface area (Å²) in [6.07, 6.45) is 4.83. The summed E-state index contributed by atoms with van der Waals surface area (Å²) in [5, 5.41) is 0. The number of piperidine rings is 1. The van der Waals surface area contributed by atoms with Gasteiger partial charge in [0.1, 0.15) is 11.9 Å². The highest BCUT2D eigenvalue weighted by Gasteiger charge is 2.38. The van der Waals surface area contributed by atoms with Crippen molar-refractivity contribution in [1.82, 2.24) is 14.9 Å². The van der Waals surface area contributed by atoms with Crippen molar-refractivity contribution in [2.75, 3.05) is 24.5 Å². The van der Waals surface area contributed by atoms with Gasteiger partial charge in [0.25, 0.3) is 0 Å². The molecule has 9 heteroatoms. The number of aromatic nitrogens is 2. The second-order valence-electron chi connectivity index (χ2n) is 7.23. The number of benzene rings is 1. The minimum absolute atomic E-state index is 0.0482. The number of rotatable bonds is 4. The van der Waals surface area contributed by atoms with Gasteiger partial charge in [-0.3, -0.25) is 9.59 Å². The molecule has 29 heavy (non-hydrogen) atoms. The van der Waals surface area contributed by atoms with Gasteiger partial charge in [0.2, 0.25) is 11.8 Å². The van der Waals surface area contributed by atoms with Crippen molar-refractivity contribution in [2.24, 2.45) is 5.92 Å². The van der Waals surface area contributed by atoms with Gasteiger partial charge in [-0.2, -0.15) is 0 Å². The zero-order valence-electron chi connectivity index (χ0n) is 15.6. The number of hydrogen-bond acceptors (Lipinski definition) is 5. The minimum Gasteiger partial charge on any atom is -0.458 e. The molecule has 0 saturated carbocycles.